The van der Waals surface area contributed by atoms with E-state index >= 15 is 0 Å². The predicted octanol–water partition coefficient (Wildman–Crippen LogP) is 1.74. The summed E-state index contributed by atoms with van der Waals surface area (Å²) >= 11 is 7.00. The van der Waals surface area contributed by atoms with Gasteiger partial charge in [-0.05, 0) is 37.9 Å². The lowest BCUT2D eigenvalue weighted by Gasteiger charge is -2.23. The zero-order chi connectivity index (χ0) is 12.5. The van der Waals surface area contributed by atoms with Crippen LogP contribution < -0.4 is 10.0 Å². The maximum atomic E-state index is 12.1. The van der Waals surface area contributed by atoms with Gasteiger partial charge in [0, 0.05) is 12.6 Å². The van der Waals surface area contributed by atoms with Crippen molar-refractivity contribution in [2.75, 3.05) is 13.1 Å². The summed E-state index contributed by atoms with van der Waals surface area (Å²) in [6, 6.07) is 1.60. The van der Waals surface area contributed by atoms with Crippen LogP contribution in [-0.2, 0) is 10.0 Å². The van der Waals surface area contributed by atoms with E-state index in [1.807, 2.05) is 0 Å². The Morgan fingerprint density at radius 2 is 2.35 bits per heavy atom. The van der Waals surface area contributed by atoms with Crippen LogP contribution in [0.4, 0.5) is 0 Å². The highest BCUT2D eigenvalue weighted by Crippen LogP contribution is 2.30. The molecule has 1 aliphatic rings. The first kappa shape index (κ1) is 13.3. The van der Waals surface area contributed by atoms with Crippen LogP contribution in [0, 0.1) is 6.92 Å². The van der Waals surface area contributed by atoms with Crippen molar-refractivity contribution in [1.29, 1.82) is 0 Å². The van der Waals surface area contributed by atoms with Crippen LogP contribution in [0.2, 0.25) is 4.34 Å². The zero-order valence-electron chi connectivity index (χ0n) is 9.49. The first-order valence-corrected chi connectivity index (χ1v) is 8.16. The standard InChI is InChI=1S/C10H15ClN2O2S2/c1-7-5-9(16-10(7)11)17(14,15)13-8-3-2-4-12-6-8/h5,8,12-13H,2-4,6H2,1H3. The fourth-order valence-electron chi connectivity index (χ4n) is 1.79. The molecule has 7 heteroatoms. The van der Waals surface area contributed by atoms with Gasteiger partial charge in [-0.1, -0.05) is 11.6 Å². The van der Waals surface area contributed by atoms with Crippen molar-refractivity contribution in [2.45, 2.75) is 30.0 Å². The summed E-state index contributed by atoms with van der Waals surface area (Å²) in [5, 5.41) is 3.18. The molecule has 0 amide bonds. The molecule has 1 fully saturated rings. The normalized spacial score (nSPS) is 21.6. The molecular formula is C10H15ClN2O2S2. The summed E-state index contributed by atoms with van der Waals surface area (Å²) < 4.78 is 27.7. The Kier molecular flexibility index (Phi) is 4.10. The summed E-state index contributed by atoms with van der Waals surface area (Å²) in [6.07, 6.45) is 1.88. The molecule has 17 heavy (non-hydrogen) atoms. The number of aryl methyl sites for hydroxylation is 1. The molecule has 1 aliphatic heterocycles. The Morgan fingerprint density at radius 1 is 1.59 bits per heavy atom. The number of piperidine rings is 1. The van der Waals surface area contributed by atoms with Gasteiger partial charge in [0.2, 0.25) is 10.0 Å². The summed E-state index contributed by atoms with van der Waals surface area (Å²) in [7, 11) is -3.42. The smallest absolute Gasteiger partial charge is 0.250 e. The van der Waals surface area contributed by atoms with Crippen molar-refractivity contribution < 1.29 is 8.42 Å². The van der Waals surface area contributed by atoms with Gasteiger partial charge in [0.25, 0.3) is 0 Å². The van der Waals surface area contributed by atoms with Crippen molar-refractivity contribution in [3.8, 4) is 0 Å². The number of rotatable bonds is 3. The molecule has 96 valence electrons. The molecule has 1 aromatic heterocycles. The minimum Gasteiger partial charge on any atom is -0.315 e. The Bertz CT molecular complexity index is 473. The van der Waals surface area contributed by atoms with Gasteiger partial charge in [-0.2, -0.15) is 0 Å². The minimum absolute atomic E-state index is 0.0186. The van der Waals surface area contributed by atoms with Gasteiger partial charge in [-0.25, -0.2) is 13.1 Å². The summed E-state index contributed by atoms with van der Waals surface area (Å²) in [5.41, 5.74) is 0.804. The van der Waals surface area contributed by atoms with E-state index in [1.165, 1.54) is 0 Å². The van der Waals surface area contributed by atoms with Crippen LogP contribution in [-0.4, -0.2) is 27.5 Å². The number of nitrogens with one attached hydrogen (secondary N) is 2. The van der Waals surface area contributed by atoms with Crippen molar-refractivity contribution >= 4 is 33.0 Å². The lowest BCUT2D eigenvalue weighted by molar-refractivity contribution is 0.429. The monoisotopic (exact) mass is 294 g/mol. The summed E-state index contributed by atoms with van der Waals surface area (Å²) in [6.45, 7) is 3.46. The zero-order valence-corrected chi connectivity index (χ0v) is 11.9. The van der Waals surface area contributed by atoms with Crippen molar-refractivity contribution in [3.63, 3.8) is 0 Å². The van der Waals surface area contributed by atoms with Gasteiger partial charge in [0.05, 0.1) is 4.34 Å². The van der Waals surface area contributed by atoms with Crippen LogP contribution in [0.3, 0.4) is 0 Å². The minimum atomic E-state index is -3.42. The van der Waals surface area contributed by atoms with E-state index in [0.29, 0.717) is 15.1 Å². The largest absolute Gasteiger partial charge is 0.315 e. The molecule has 0 saturated carbocycles. The number of hydrogen-bond acceptors (Lipinski definition) is 4. The first-order chi connectivity index (χ1) is 7.99. The molecule has 0 aromatic carbocycles. The molecule has 0 aliphatic carbocycles. The van der Waals surface area contributed by atoms with Crippen molar-refractivity contribution in [3.05, 3.63) is 16.0 Å². The molecule has 2 heterocycles. The molecule has 2 rings (SSSR count). The molecule has 4 nitrogen and oxygen atoms in total. The SMILES string of the molecule is Cc1cc(S(=O)(=O)NC2CCCNC2)sc1Cl. The highest BCUT2D eigenvalue weighted by Gasteiger charge is 2.23. The molecule has 1 aromatic rings. The van der Waals surface area contributed by atoms with E-state index in [2.05, 4.69) is 10.0 Å². The van der Waals surface area contributed by atoms with Crippen molar-refractivity contribution in [1.82, 2.24) is 10.0 Å². The van der Waals surface area contributed by atoms with E-state index in [4.69, 9.17) is 11.6 Å². The van der Waals surface area contributed by atoms with E-state index in [9.17, 15) is 8.42 Å². The van der Waals surface area contributed by atoms with Crippen LogP contribution in [0.25, 0.3) is 0 Å². The van der Waals surface area contributed by atoms with Gasteiger partial charge in [-0.15, -0.1) is 11.3 Å². The average Bonchev–Trinajstić information content (AvgIpc) is 2.61. The molecule has 2 N–H and O–H groups in total. The summed E-state index contributed by atoms with van der Waals surface area (Å²) in [5.74, 6) is 0. The third-order valence-electron chi connectivity index (χ3n) is 2.72. The topological polar surface area (TPSA) is 58.2 Å². The van der Waals surface area contributed by atoms with Gasteiger partial charge < -0.3 is 5.32 Å². The van der Waals surface area contributed by atoms with Crippen LogP contribution in [0.1, 0.15) is 18.4 Å². The second-order valence-corrected chi connectivity index (χ2v) is 7.78. The second-order valence-electron chi connectivity index (χ2n) is 4.19. The maximum absolute atomic E-state index is 12.1. The average molecular weight is 295 g/mol. The highest BCUT2D eigenvalue weighted by atomic mass is 35.5. The lowest BCUT2D eigenvalue weighted by Crippen LogP contribution is -2.45. The van der Waals surface area contributed by atoms with Gasteiger partial charge >= 0.3 is 0 Å². The molecule has 0 bridgehead atoms. The third kappa shape index (κ3) is 3.20. The van der Waals surface area contributed by atoms with Crippen LogP contribution in [0.15, 0.2) is 10.3 Å². The Labute approximate surface area is 110 Å². The van der Waals surface area contributed by atoms with E-state index in [-0.39, 0.29) is 6.04 Å². The fourth-order valence-corrected chi connectivity index (χ4v) is 4.79. The number of thiophene rings is 1. The van der Waals surface area contributed by atoms with E-state index < -0.39 is 10.0 Å². The number of halogens is 1. The Morgan fingerprint density at radius 3 is 2.88 bits per heavy atom. The predicted molar refractivity (Wildman–Crippen MR) is 70.3 cm³/mol. The third-order valence-corrected chi connectivity index (χ3v) is 6.27. The quantitative estimate of drug-likeness (QED) is 0.893. The lowest BCUT2D eigenvalue weighted by atomic mass is 10.1. The van der Waals surface area contributed by atoms with Crippen molar-refractivity contribution in [2.24, 2.45) is 0 Å². The molecule has 1 saturated heterocycles. The van der Waals surface area contributed by atoms with E-state index in [0.717, 1.165) is 36.3 Å². The first-order valence-electron chi connectivity index (χ1n) is 5.48. The van der Waals surface area contributed by atoms with Crippen LogP contribution in [0.5, 0.6) is 0 Å². The van der Waals surface area contributed by atoms with Gasteiger partial charge in [-0.3, -0.25) is 0 Å². The maximum Gasteiger partial charge on any atom is 0.250 e. The van der Waals surface area contributed by atoms with Gasteiger partial charge in [0.1, 0.15) is 4.21 Å². The second kappa shape index (κ2) is 5.24. The number of sulfonamides is 1. The molecular weight excluding hydrogens is 280 g/mol. The summed E-state index contributed by atoms with van der Waals surface area (Å²) in [4.78, 5) is 0. The number of hydrogen-bond donors (Lipinski definition) is 2. The fraction of sp³-hybridized carbons (Fsp3) is 0.600. The van der Waals surface area contributed by atoms with E-state index in [1.54, 1.807) is 13.0 Å². The van der Waals surface area contributed by atoms with Crippen LogP contribution >= 0.6 is 22.9 Å². The molecule has 0 spiro atoms. The molecule has 1 atom stereocenters. The molecule has 1 unspecified atom stereocenters. The highest BCUT2D eigenvalue weighted by molar-refractivity contribution is 7.91. The Balaban J connectivity index is 2.12. The molecule has 0 radical (unpaired) electrons. The Hall–Kier alpha value is -0.140. The van der Waals surface area contributed by atoms with Gasteiger partial charge in [0.15, 0.2) is 0 Å².